The lowest BCUT2D eigenvalue weighted by molar-refractivity contribution is 0.0945. The Morgan fingerprint density at radius 3 is 2.34 bits per heavy atom. The molecule has 0 saturated carbocycles. The number of hydrogen-bond donors (Lipinski definition) is 2. The number of ether oxygens (including phenoxy) is 4. The van der Waals surface area contributed by atoms with Crippen LogP contribution in [0.15, 0.2) is 48.8 Å². The van der Waals surface area contributed by atoms with Gasteiger partial charge in [-0.25, -0.2) is 9.97 Å². The van der Waals surface area contributed by atoms with Crippen molar-refractivity contribution < 1.29 is 23.7 Å². The van der Waals surface area contributed by atoms with Gasteiger partial charge in [-0.3, -0.25) is 4.79 Å². The van der Waals surface area contributed by atoms with E-state index in [0.717, 1.165) is 11.3 Å². The highest BCUT2D eigenvalue weighted by atomic mass is 16.7. The summed E-state index contributed by atoms with van der Waals surface area (Å²) in [5.74, 6) is 2.95. The molecule has 29 heavy (non-hydrogen) atoms. The number of aromatic nitrogens is 2. The van der Waals surface area contributed by atoms with Crippen molar-refractivity contribution in [3.05, 3.63) is 60.0 Å². The van der Waals surface area contributed by atoms with Crippen molar-refractivity contribution in [1.82, 2.24) is 15.3 Å². The van der Waals surface area contributed by atoms with Crippen molar-refractivity contribution in [3.63, 3.8) is 0 Å². The normalized spacial score (nSPS) is 13.2. The number of benzene rings is 2. The van der Waals surface area contributed by atoms with Gasteiger partial charge >= 0.3 is 0 Å². The molecule has 0 fully saturated rings. The molecule has 9 nitrogen and oxygen atoms in total. The molecule has 5 rings (SSSR count). The van der Waals surface area contributed by atoms with E-state index in [1.807, 2.05) is 36.4 Å². The molecule has 1 amide bonds. The average Bonchev–Trinajstić information content (AvgIpc) is 3.41. The highest BCUT2D eigenvalue weighted by Crippen LogP contribution is 2.35. The summed E-state index contributed by atoms with van der Waals surface area (Å²) < 4.78 is 21.3. The van der Waals surface area contributed by atoms with Crippen molar-refractivity contribution in [2.24, 2.45) is 0 Å². The maximum absolute atomic E-state index is 12.3. The SMILES string of the molecule is O=C(NCc1ccc2c(c1)OCO2)c1cnc(Nc2ccc3c(c2)OCO3)cn1. The molecule has 1 aromatic heterocycles. The largest absolute Gasteiger partial charge is 0.454 e. The van der Waals surface area contributed by atoms with Gasteiger partial charge in [-0.2, -0.15) is 0 Å². The molecule has 0 unspecified atom stereocenters. The van der Waals surface area contributed by atoms with Crippen LogP contribution in [0.5, 0.6) is 23.0 Å². The molecule has 0 atom stereocenters. The zero-order chi connectivity index (χ0) is 19.6. The van der Waals surface area contributed by atoms with Gasteiger partial charge < -0.3 is 29.6 Å². The fraction of sp³-hybridized carbons (Fsp3) is 0.150. The van der Waals surface area contributed by atoms with E-state index in [2.05, 4.69) is 20.6 Å². The molecule has 0 radical (unpaired) electrons. The third-order valence-corrected chi connectivity index (χ3v) is 4.42. The number of hydrogen-bond acceptors (Lipinski definition) is 8. The maximum Gasteiger partial charge on any atom is 0.271 e. The van der Waals surface area contributed by atoms with E-state index in [4.69, 9.17) is 18.9 Å². The molecule has 0 saturated heterocycles. The zero-order valence-electron chi connectivity index (χ0n) is 15.2. The van der Waals surface area contributed by atoms with E-state index >= 15 is 0 Å². The number of carbonyl (C=O) groups is 1. The molecular formula is C20H16N4O5. The Hall–Kier alpha value is -4.01. The van der Waals surface area contributed by atoms with E-state index in [0.29, 0.717) is 35.4 Å². The van der Waals surface area contributed by atoms with Crippen LogP contribution < -0.4 is 29.6 Å². The fourth-order valence-corrected chi connectivity index (χ4v) is 2.96. The van der Waals surface area contributed by atoms with Crippen LogP contribution >= 0.6 is 0 Å². The Balaban J connectivity index is 1.20. The number of nitrogens with zero attached hydrogens (tertiary/aromatic N) is 2. The molecule has 2 aliphatic heterocycles. The summed E-state index contributed by atoms with van der Waals surface area (Å²) in [7, 11) is 0. The summed E-state index contributed by atoms with van der Waals surface area (Å²) in [6.07, 6.45) is 2.92. The van der Waals surface area contributed by atoms with Crippen LogP contribution in [-0.4, -0.2) is 29.5 Å². The number of carbonyl (C=O) groups excluding carboxylic acids is 1. The summed E-state index contributed by atoms with van der Waals surface area (Å²) in [5.41, 5.74) is 1.90. The first-order valence-corrected chi connectivity index (χ1v) is 8.90. The lowest BCUT2D eigenvalue weighted by atomic mass is 10.2. The smallest absolute Gasteiger partial charge is 0.271 e. The number of anilines is 2. The minimum absolute atomic E-state index is 0.216. The molecule has 0 spiro atoms. The van der Waals surface area contributed by atoms with Gasteiger partial charge in [0.15, 0.2) is 23.0 Å². The molecule has 9 heteroatoms. The Bertz CT molecular complexity index is 1070. The molecule has 0 aliphatic carbocycles. The predicted octanol–water partition coefficient (Wildman–Crippen LogP) is 2.61. The molecule has 3 heterocycles. The van der Waals surface area contributed by atoms with Gasteiger partial charge in [0.05, 0.1) is 12.4 Å². The van der Waals surface area contributed by atoms with E-state index in [9.17, 15) is 4.79 Å². The fourth-order valence-electron chi connectivity index (χ4n) is 2.96. The number of rotatable bonds is 5. The minimum atomic E-state index is -0.315. The Morgan fingerprint density at radius 2 is 1.59 bits per heavy atom. The van der Waals surface area contributed by atoms with Crippen molar-refractivity contribution in [3.8, 4) is 23.0 Å². The molecular weight excluding hydrogens is 376 g/mol. The molecule has 0 bridgehead atoms. The summed E-state index contributed by atoms with van der Waals surface area (Å²) in [4.78, 5) is 20.8. The van der Waals surface area contributed by atoms with Gasteiger partial charge in [-0.15, -0.1) is 0 Å². The molecule has 2 aromatic carbocycles. The van der Waals surface area contributed by atoms with Crippen LogP contribution in [0.2, 0.25) is 0 Å². The molecule has 3 aromatic rings. The second-order valence-electron chi connectivity index (χ2n) is 6.35. The highest BCUT2D eigenvalue weighted by molar-refractivity contribution is 5.92. The third kappa shape index (κ3) is 3.57. The zero-order valence-corrected chi connectivity index (χ0v) is 15.2. The lowest BCUT2D eigenvalue weighted by Crippen LogP contribution is -2.24. The summed E-state index contributed by atoms with van der Waals surface area (Å²) >= 11 is 0. The monoisotopic (exact) mass is 392 g/mol. The van der Waals surface area contributed by atoms with Crippen molar-refractivity contribution in [2.75, 3.05) is 18.9 Å². The van der Waals surface area contributed by atoms with E-state index in [-0.39, 0.29) is 25.2 Å². The van der Waals surface area contributed by atoms with Gasteiger partial charge in [0.2, 0.25) is 13.6 Å². The van der Waals surface area contributed by atoms with Crippen LogP contribution in [-0.2, 0) is 6.54 Å². The minimum Gasteiger partial charge on any atom is -0.454 e. The first-order valence-electron chi connectivity index (χ1n) is 8.90. The molecule has 2 N–H and O–H groups in total. The van der Waals surface area contributed by atoms with Crippen molar-refractivity contribution in [1.29, 1.82) is 0 Å². The quantitative estimate of drug-likeness (QED) is 0.683. The average molecular weight is 392 g/mol. The predicted molar refractivity (Wildman–Crippen MR) is 102 cm³/mol. The highest BCUT2D eigenvalue weighted by Gasteiger charge is 2.15. The molecule has 2 aliphatic rings. The van der Waals surface area contributed by atoms with E-state index in [1.165, 1.54) is 12.4 Å². The van der Waals surface area contributed by atoms with Crippen LogP contribution in [0, 0.1) is 0 Å². The molecule has 146 valence electrons. The van der Waals surface area contributed by atoms with Crippen molar-refractivity contribution in [2.45, 2.75) is 6.54 Å². The number of nitrogens with one attached hydrogen (secondary N) is 2. The van der Waals surface area contributed by atoms with Gasteiger partial charge in [0, 0.05) is 18.3 Å². The van der Waals surface area contributed by atoms with Crippen LogP contribution in [0.1, 0.15) is 16.1 Å². The van der Waals surface area contributed by atoms with Gasteiger partial charge in [0.25, 0.3) is 5.91 Å². The standard InChI is InChI=1S/C20H16N4O5/c25-20(23-7-12-1-3-15-17(5-12)28-10-26-15)14-8-22-19(9-21-14)24-13-2-4-16-18(6-13)29-11-27-16/h1-6,8-9H,7,10-11H2,(H,22,24)(H,23,25). The summed E-state index contributed by atoms with van der Waals surface area (Å²) in [6, 6.07) is 11.0. The van der Waals surface area contributed by atoms with Gasteiger partial charge in [0.1, 0.15) is 11.5 Å². The third-order valence-electron chi connectivity index (χ3n) is 4.42. The Kier molecular flexibility index (Phi) is 4.24. The second kappa shape index (κ2) is 7.19. The lowest BCUT2D eigenvalue weighted by Gasteiger charge is -2.08. The second-order valence-corrected chi connectivity index (χ2v) is 6.35. The number of amides is 1. The Labute approximate surface area is 165 Å². The van der Waals surface area contributed by atoms with Crippen LogP contribution in [0.25, 0.3) is 0 Å². The van der Waals surface area contributed by atoms with Gasteiger partial charge in [-0.1, -0.05) is 6.07 Å². The van der Waals surface area contributed by atoms with Crippen LogP contribution in [0.4, 0.5) is 11.5 Å². The summed E-state index contributed by atoms with van der Waals surface area (Å²) in [6.45, 7) is 0.774. The van der Waals surface area contributed by atoms with Gasteiger partial charge in [-0.05, 0) is 29.8 Å². The van der Waals surface area contributed by atoms with E-state index < -0.39 is 0 Å². The first-order chi connectivity index (χ1) is 14.2. The van der Waals surface area contributed by atoms with Crippen molar-refractivity contribution >= 4 is 17.4 Å². The van der Waals surface area contributed by atoms with Crippen LogP contribution in [0.3, 0.4) is 0 Å². The van der Waals surface area contributed by atoms with E-state index in [1.54, 1.807) is 0 Å². The number of fused-ring (bicyclic) bond motifs is 2. The maximum atomic E-state index is 12.3. The first kappa shape index (κ1) is 17.1. The topological polar surface area (TPSA) is 104 Å². The Morgan fingerprint density at radius 1 is 0.862 bits per heavy atom. The summed E-state index contributed by atoms with van der Waals surface area (Å²) in [5, 5.41) is 5.93.